The molecule has 1 aliphatic carbocycles. The van der Waals surface area contributed by atoms with E-state index in [1.165, 1.54) is 11.3 Å². The summed E-state index contributed by atoms with van der Waals surface area (Å²) in [4.78, 5) is 29.0. The van der Waals surface area contributed by atoms with E-state index < -0.39 is 6.04 Å². The molecule has 5 atom stereocenters. The highest BCUT2D eigenvalue weighted by Gasteiger charge is 2.54. The second kappa shape index (κ2) is 8.24. The van der Waals surface area contributed by atoms with Crippen LogP contribution in [0.1, 0.15) is 57.1 Å². The zero-order valence-electron chi connectivity index (χ0n) is 19.3. The first kappa shape index (κ1) is 22.1. The molecular weight excluding hydrogens is 438 g/mol. The Kier molecular flexibility index (Phi) is 5.51. The lowest BCUT2D eigenvalue weighted by Gasteiger charge is -2.40. The summed E-state index contributed by atoms with van der Waals surface area (Å²) in [5.41, 5.74) is 1.15. The molecule has 1 fully saturated rings. The van der Waals surface area contributed by atoms with Gasteiger partial charge in [-0.05, 0) is 48.3 Å². The predicted molar refractivity (Wildman–Crippen MR) is 125 cm³/mol. The van der Waals surface area contributed by atoms with Gasteiger partial charge in [0.1, 0.15) is 16.9 Å². The summed E-state index contributed by atoms with van der Waals surface area (Å²) < 4.78 is 6.29. The average molecular weight is 468 g/mol. The third-order valence-electron chi connectivity index (χ3n) is 7.16. The molecule has 2 aliphatic heterocycles. The van der Waals surface area contributed by atoms with Crippen LogP contribution < -0.4 is 4.90 Å². The van der Waals surface area contributed by atoms with Crippen molar-refractivity contribution >= 4 is 28.2 Å². The summed E-state index contributed by atoms with van der Waals surface area (Å²) in [5, 5.41) is 19.7. The largest absolute Gasteiger partial charge is 0.508 e. The van der Waals surface area contributed by atoms with Crippen molar-refractivity contribution in [3.05, 3.63) is 46.2 Å². The van der Waals surface area contributed by atoms with Crippen LogP contribution in [0, 0.1) is 23.7 Å². The van der Waals surface area contributed by atoms with Gasteiger partial charge in [0, 0.05) is 6.42 Å². The zero-order valence-corrected chi connectivity index (χ0v) is 20.1. The van der Waals surface area contributed by atoms with E-state index in [4.69, 9.17) is 4.74 Å². The number of phenols is 1. The van der Waals surface area contributed by atoms with Crippen LogP contribution in [0.5, 0.6) is 5.75 Å². The first-order valence-electron chi connectivity index (χ1n) is 11.6. The number of Topliss-reactive ketones (excluding diaryl/α,β-unsaturated/α-hetero) is 1. The molecule has 3 aliphatic rings. The zero-order chi connectivity index (χ0) is 23.4. The molecule has 0 radical (unpaired) electrons. The number of carbonyl (C=O) groups excluding carboxylic acids is 2. The summed E-state index contributed by atoms with van der Waals surface area (Å²) in [7, 11) is 0. The number of benzene rings is 1. The van der Waals surface area contributed by atoms with E-state index in [0.29, 0.717) is 28.5 Å². The van der Waals surface area contributed by atoms with Gasteiger partial charge in [-0.15, -0.1) is 10.2 Å². The van der Waals surface area contributed by atoms with Crippen LogP contribution in [0.15, 0.2) is 35.6 Å². The molecule has 1 aromatic heterocycles. The lowest BCUT2D eigenvalue weighted by molar-refractivity contribution is -0.134. The second-order valence-corrected chi connectivity index (χ2v) is 11.1. The van der Waals surface area contributed by atoms with Gasteiger partial charge in [-0.25, -0.2) is 0 Å². The van der Waals surface area contributed by atoms with Crippen molar-refractivity contribution in [1.82, 2.24) is 10.2 Å². The molecule has 5 unspecified atom stereocenters. The molecule has 8 heteroatoms. The highest BCUT2D eigenvalue weighted by Crippen LogP contribution is 2.50. The lowest BCUT2D eigenvalue weighted by Crippen LogP contribution is -2.43. The molecule has 3 heterocycles. The normalized spacial score (nSPS) is 29.4. The Morgan fingerprint density at radius 3 is 2.52 bits per heavy atom. The fourth-order valence-electron chi connectivity index (χ4n) is 5.20. The minimum absolute atomic E-state index is 0.000782. The molecule has 7 nitrogen and oxygen atoms in total. The van der Waals surface area contributed by atoms with Crippen LogP contribution >= 0.6 is 11.3 Å². The number of amides is 1. The van der Waals surface area contributed by atoms with E-state index in [2.05, 4.69) is 37.9 Å². The number of aromatic nitrogens is 2. The summed E-state index contributed by atoms with van der Waals surface area (Å²) in [5.74, 6) is 0.965. The molecule has 0 saturated heterocycles. The molecular formula is C25H29N3O4S. The molecule has 1 N–H and O–H groups in total. The van der Waals surface area contributed by atoms with Crippen molar-refractivity contribution in [2.45, 2.75) is 59.1 Å². The van der Waals surface area contributed by atoms with Crippen molar-refractivity contribution in [3.63, 3.8) is 0 Å². The SMILES string of the molecule is CC(C)Cc1nnc(N2C(=O)C3=C(C(=O)C4CC(C)C(C)CC4O3)C2c2ccc(O)cc2)s1. The number of ketones is 1. The van der Waals surface area contributed by atoms with Crippen molar-refractivity contribution in [2.24, 2.45) is 23.7 Å². The Hall–Kier alpha value is -2.74. The summed E-state index contributed by atoms with van der Waals surface area (Å²) >= 11 is 1.38. The van der Waals surface area contributed by atoms with Gasteiger partial charge < -0.3 is 9.84 Å². The molecule has 5 rings (SSSR count). The molecule has 0 spiro atoms. The predicted octanol–water partition coefficient (Wildman–Crippen LogP) is 4.43. The van der Waals surface area contributed by atoms with Crippen LogP contribution in [0.25, 0.3) is 0 Å². The molecule has 0 bridgehead atoms. The topological polar surface area (TPSA) is 92.6 Å². The number of carbonyl (C=O) groups is 2. The molecule has 174 valence electrons. The number of rotatable bonds is 4. The van der Waals surface area contributed by atoms with Gasteiger partial charge in [0.25, 0.3) is 5.91 Å². The lowest BCUT2D eigenvalue weighted by atomic mass is 9.70. The van der Waals surface area contributed by atoms with E-state index >= 15 is 0 Å². The molecule has 1 saturated carbocycles. The van der Waals surface area contributed by atoms with E-state index in [1.807, 2.05) is 0 Å². The summed E-state index contributed by atoms with van der Waals surface area (Å²) in [6, 6.07) is 6.00. The van der Waals surface area contributed by atoms with Crippen LogP contribution in [0.4, 0.5) is 5.13 Å². The maximum atomic E-state index is 13.8. The number of hydrogen-bond donors (Lipinski definition) is 1. The average Bonchev–Trinajstić information content (AvgIpc) is 3.32. The van der Waals surface area contributed by atoms with Crippen LogP contribution in [0.3, 0.4) is 0 Å². The third-order valence-corrected chi connectivity index (χ3v) is 8.11. The van der Waals surface area contributed by atoms with Gasteiger partial charge >= 0.3 is 0 Å². The molecule has 2 aromatic rings. The van der Waals surface area contributed by atoms with Crippen molar-refractivity contribution in [2.75, 3.05) is 4.90 Å². The van der Waals surface area contributed by atoms with Crippen molar-refractivity contribution < 1.29 is 19.4 Å². The monoisotopic (exact) mass is 467 g/mol. The number of fused-ring (bicyclic) bond motifs is 1. The Balaban J connectivity index is 1.59. The number of hydrogen-bond acceptors (Lipinski definition) is 7. The quantitative estimate of drug-likeness (QED) is 0.715. The summed E-state index contributed by atoms with van der Waals surface area (Å²) in [6.07, 6.45) is 2.03. The van der Waals surface area contributed by atoms with Crippen LogP contribution in [-0.4, -0.2) is 33.1 Å². The first-order chi connectivity index (χ1) is 15.7. The third kappa shape index (κ3) is 3.74. The molecule has 33 heavy (non-hydrogen) atoms. The van der Waals surface area contributed by atoms with E-state index in [0.717, 1.165) is 29.8 Å². The highest BCUT2D eigenvalue weighted by atomic mass is 32.1. The standard InChI is InChI=1S/C25H29N3O4S/c1-12(2)9-19-26-27-25(33-19)28-21(15-5-7-16(29)8-6-15)20-22(30)17-10-13(3)14(4)11-18(17)32-23(20)24(28)31/h5-8,12-14,17-18,21,29H,9-11H2,1-4H3. The van der Waals surface area contributed by atoms with Gasteiger partial charge in [-0.2, -0.15) is 0 Å². The van der Waals surface area contributed by atoms with E-state index in [-0.39, 0.29) is 35.2 Å². The van der Waals surface area contributed by atoms with Gasteiger partial charge in [0.2, 0.25) is 5.13 Å². The maximum absolute atomic E-state index is 13.8. The van der Waals surface area contributed by atoms with Crippen molar-refractivity contribution in [1.29, 1.82) is 0 Å². The van der Waals surface area contributed by atoms with Crippen molar-refractivity contribution in [3.8, 4) is 5.75 Å². The Bertz CT molecular complexity index is 1120. The van der Waals surface area contributed by atoms with Gasteiger partial charge in [-0.1, -0.05) is 51.2 Å². The summed E-state index contributed by atoms with van der Waals surface area (Å²) in [6.45, 7) is 8.58. The minimum Gasteiger partial charge on any atom is -0.508 e. The van der Waals surface area contributed by atoms with Gasteiger partial charge in [0.15, 0.2) is 11.5 Å². The Labute approximate surface area is 197 Å². The number of ether oxygens (including phenoxy) is 1. The van der Waals surface area contributed by atoms with Gasteiger partial charge in [0.05, 0.1) is 17.5 Å². The van der Waals surface area contributed by atoms with Crippen LogP contribution in [-0.2, 0) is 20.7 Å². The number of anilines is 1. The fraction of sp³-hybridized carbons (Fsp3) is 0.520. The van der Waals surface area contributed by atoms with Crippen LogP contribution in [0.2, 0.25) is 0 Å². The fourth-order valence-corrected chi connectivity index (χ4v) is 6.28. The van der Waals surface area contributed by atoms with Gasteiger partial charge in [-0.3, -0.25) is 14.5 Å². The number of aromatic hydroxyl groups is 1. The van der Waals surface area contributed by atoms with E-state index in [9.17, 15) is 14.7 Å². The maximum Gasteiger partial charge on any atom is 0.296 e. The number of nitrogens with zero attached hydrogens (tertiary/aromatic N) is 3. The van der Waals surface area contributed by atoms with E-state index in [1.54, 1.807) is 29.2 Å². The highest BCUT2D eigenvalue weighted by molar-refractivity contribution is 7.15. The molecule has 1 amide bonds. The first-order valence-corrected chi connectivity index (χ1v) is 12.5. The smallest absolute Gasteiger partial charge is 0.296 e. The second-order valence-electron chi connectivity index (χ2n) is 10.0. The number of phenolic OH excluding ortho intramolecular Hbond substituents is 1. The Morgan fingerprint density at radius 1 is 1.12 bits per heavy atom. The molecule has 1 aromatic carbocycles. The minimum atomic E-state index is -0.643. The Morgan fingerprint density at radius 2 is 1.82 bits per heavy atom.